The Morgan fingerprint density at radius 3 is 2.74 bits per heavy atom. The van der Waals surface area contributed by atoms with Crippen molar-refractivity contribution in [1.82, 2.24) is 14.9 Å². The minimum absolute atomic E-state index is 0.0719. The summed E-state index contributed by atoms with van der Waals surface area (Å²) < 4.78 is 2.02. The highest BCUT2D eigenvalue weighted by molar-refractivity contribution is 6.00. The van der Waals surface area contributed by atoms with Crippen molar-refractivity contribution >= 4 is 22.6 Å². The SMILES string of the molecule is CNC(=O)c1cc(C(=O)C[C@H]2C[C@@H]2C)cc([C@@H](C)c2cccc3c2ccn3CCO)n1. The van der Waals surface area contributed by atoms with E-state index >= 15 is 0 Å². The predicted molar refractivity (Wildman–Crippen MR) is 120 cm³/mol. The number of aliphatic hydroxyl groups excluding tert-OH is 1. The van der Waals surface area contributed by atoms with E-state index in [4.69, 9.17) is 0 Å². The number of hydrogen-bond acceptors (Lipinski definition) is 4. The second kappa shape index (κ2) is 8.63. The van der Waals surface area contributed by atoms with Gasteiger partial charge in [0.05, 0.1) is 6.61 Å². The molecule has 0 aliphatic heterocycles. The second-order valence-electron chi connectivity index (χ2n) is 8.58. The summed E-state index contributed by atoms with van der Waals surface area (Å²) in [6.45, 7) is 4.82. The highest BCUT2D eigenvalue weighted by Gasteiger charge is 2.34. The van der Waals surface area contributed by atoms with Crippen molar-refractivity contribution in [2.45, 2.75) is 39.2 Å². The van der Waals surface area contributed by atoms with E-state index in [1.807, 2.05) is 42.0 Å². The van der Waals surface area contributed by atoms with Gasteiger partial charge in [-0.3, -0.25) is 9.59 Å². The molecule has 1 aliphatic rings. The van der Waals surface area contributed by atoms with E-state index in [0.717, 1.165) is 22.9 Å². The number of rotatable bonds is 8. The third kappa shape index (κ3) is 4.26. The molecular weight excluding hydrogens is 390 g/mol. The first-order chi connectivity index (χ1) is 14.9. The van der Waals surface area contributed by atoms with E-state index in [0.29, 0.717) is 36.1 Å². The van der Waals surface area contributed by atoms with Crippen LogP contribution in [0.4, 0.5) is 0 Å². The van der Waals surface area contributed by atoms with Crippen molar-refractivity contribution in [2.24, 2.45) is 11.8 Å². The Morgan fingerprint density at radius 2 is 2.06 bits per heavy atom. The zero-order valence-corrected chi connectivity index (χ0v) is 18.3. The van der Waals surface area contributed by atoms with Crippen LogP contribution in [0.5, 0.6) is 0 Å². The Kier molecular flexibility index (Phi) is 5.92. The molecule has 4 rings (SSSR count). The van der Waals surface area contributed by atoms with Crippen LogP contribution in [0.25, 0.3) is 10.9 Å². The third-order valence-electron chi connectivity index (χ3n) is 6.45. The van der Waals surface area contributed by atoms with Gasteiger partial charge in [0.25, 0.3) is 5.91 Å². The highest BCUT2D eigenvalue weighted by Crippen LogP contribution is 2.41. The van der Waals surface area contributed by atoms with Crippen molar-refractivity contribution in [3.05, 3.63) is 65.1 Å². The molecule has 0 saturated heterocycles. The molecule has 1 aliphatic carbocycles. The first kappa shape index (κ1) is 21.2. The molecule has 31 heavy (non-hydrogen) atoms. The van der Waals surface area contributed by atoms with Crippen LogP contribution in [0.2, 0.25) is 0 Å². The lowest BCUT2D eigenvalue weighted by Gasteiger charge is -2.16. The average Bonchev–Trinajstić information content (AvgIpc) is 3.32. The summed E-state index contributed by atoms with van der Waals surface area (Å²) in [5.74, 6) is 0.718. The fourth-order valence-electron chi connectivity index (χ4n) is 4.31. The standard InChI is InChI=1S/C25H29N3O3/c1-15-11-17(15)14-24(30)18-12-21(27-22(13-18)25(31)26-3)16(2)19-5-4-6-23-20(19)7-8-28(23)9-10-29/h4-8,12-13,15-17,29H,9-11,14H2,1-3H3,(H,26,31)/t15-,16-,17+/m0/s1. The fraction of sp³-hybridized carbons (Fsp3) is 0.400. The Bertz CT molecular complexity index is 1130. The van der Waals surface area contributed by atoms with Crippen LogP contribution >= 0.6 is 0 Å². The number of benzene rings is 1. The van der Waals surface area contributed by atoms with Crippen LogP contribution in [0, 0.1) is 11.8 Å². The van der Waals surface area contributed by atoms with Gasteiger partial charge in [0.15, 0.2) is 5.78 Å². The zero-order chi connectivity index (χ0) is 22.1. The van der Waals surface area contributed by atoms with Crippen LogP contribution in [-0.2, 0) is 6.54 Å². The normalized spacial score (nSPS) is 18.7. The van der Waals surface area contributed by atoms with E-state index in [2.05, 4.69) is 23.3 Å². The molecule has 2 heterocycles. The van der Waals surface area contributed by atoms with Crippen LogP contribution in [0.1, 0.15) is 64.7 Å². The van der Waals surface area contributed by atoms with E-state index in [1.165, 1.54) is 0 Å². The number of aliphatic hydroxyl groups is 1. The Morgan fingerprint density at radius 1 is 1.29 bits per heavy atom. The Hall–Kier alpha value is -2.99. The zero-order valence-electron chi connectivity index (χ0n) is 18.3. The molecule has 2 N–H and O–H groups in total. The monoisotopic (exact) mass is 419 g/mol. The van der Waals surface area contributed by atoms with Gasteiger partial charge in [-0.2, -0.15) is 0 Å². The van der Waals surface area contributed by atoms with Gasteiger partial charge in [-0.15, -0.1) is 0 Å². The van der Waals surface area contributed by atoms with Gasteiger partial charge in [0, 0.05) is 54.3 Å². The van der Waals surface area contributed by atoms with Gasteiger partial charge in [-0.05, 0) is 48.1 Å². The number of nitrogens with one attached hydrogen (secondary N) is 1. The van der Waals surface area contributed by atoms with Gasteiger partial charge in [0.2, 0.25) is 0 Å². The predicted octanol–water partition coefficient (Wildman–Crippen LogP) is 3.77. The number of Topliss-reactive ketones (excluding diaryl/α,β-unsaturated/α-hetero) is 1. The number of fused-ring (bicyclic) bond motifs is 1. The molecule has 0 spiro atoms. The number of carbonyl (C=O) groups is 2. The van der Waals surface area contributed by atoms with E-state index in [-0.39, 0.29) is 29.9 Å². The molecule has 3 atom stereocenters. The summed E-state index contributed by atoms with van der Waals surface area (Å²) in [6, 6.07) is 11.6. The maximum absolute atomic E-state index is 12.9. The van der Waals surface area contributed by atoms with Gasteiger partial charge >= 0.3 is 0 Å². The number of pyridine rings is 1. The smallest absolute Gasteiger partial charge is 0.269 e. The van der Waals surface area contributed by atoms with Gasteiger partial charge in [-0.25, -0.2) is 4.98 Å². The largest absolute Gasteiger partial charge is 0.395 e. The molecule has 6 nitrogen and oxygen atoms in total. The number of nitrogens with zero attached hydrogens (tertiary/aromatic N) is 2. The van der Waals surface area contributed by atoms with Crippen molar-refractivity contribution in [3.63, 3.8) is 0 Å². The molecule has 1 amide bonds. The van der Waals surface area contributed by atoms with E-state index in [1.54, 1.807) is 13.1 Å². The minimum Gasteiger partial charge on any atom is -0.395 e. The maximum Gasteiger partial charge on any atom is 0.269 e. The molecule has 2 aromatic heterocycles. The van der Waals surface area contributed by atoms with E-state index < -0.39 is 0 Å². The third-order valence-corrected chi connectivity index (χ3v) is 6.45. The Labute approximate surface area is 182 Å². The number of ketones is 1. The summed E-state index contributed by atoms with van der Waals surface area (Å²) in [7, 11) is 1.57. The lowest BCUT2D eigenvalue weighted by atomic mass is 9.92. The second-order valence-corrected chi connectivity index (χ2v) is 8.58. The molecule has 1 saturated carbocycles. The van der Waals surface area contributed by atoms with Crippen molar-refractivity contribution in [2.75, 3.05) is 13.7 Å². The Balaban J connectivity index is 1.74. The molecule has 0 unspecified atom stereocenters. The summed E-state index contributed by atoms with van der Waals surface area (Å²) in [6.07, 6.45) is 3.58. The number of aromatic nitrogens is 2. The number of carbonyl (C=O) groups excluding carboxylic acids is 2. The first-order valence-corrected chi connectivity index (χ1v) is 10.9. The minimum atomic E-state index is -0.296. The lowest BCUT2D eigenvalue weighted by molar-refractivity contribution is 0.0958. The molecule has 0 bridgehead atoms. The first-order valence-electron chi connectivity index (χ1n) is 10.9. The maximum atomic E-state index is 12.9. The van der Waals surface area contributed by atoms with Gasteiger partial charge < -0.3 is 15.0 Å². The van der Waals surface area contributed by atoms with E-state index in [9.17, 15) is 14.7 Å². The summed E-state index contributed by atoms with van der Waals surface area (Å²) >= 11 is 0. The number of amides is 1. The molecule has 6 heteroatoms. The average molecular weight is 420 g/mol. The van der Waals surface area contributed by atoms with Gasteiger partial charge in [-0.1, -0.05) is 26.0 Å². The number of hydrogen-bond donors (Lipinski definition) is 2. The van der Waals surface area contributed by atoms with Crippen LogP contribution in [0.15, 0.2) is 42.6 Å². The van der Waals surface area contributed by atoms with Crippen molar-refractivity contribution in [1.29, 1.82) is 0 Å². The lowest BCUT2D eigenvalue weighted by Crippen LogP contribution is -2.21. The topological polar surface area (TPSA) is 84.2 Å². The van der Waals surface area contributed by atoms with Crippen LogP contribution < -0.4 is 5.32 Å². The molecule has 0 radical (unpaired) electrons. The van der Waals surface area contributed by atoms with Gasteiger partial charge in [0.1, 0.15) is 5.69 Å². The fourth-order valence-corrected chi connectivity index (χ4v) is 4.31. The molecular formula is C25H29N3O3. The molecule has 162 valence electrons. The summed E-state index contributed by atoms with van der Waals surface area (Å²) in [5, 5.41) is 13.0. The summed E-state index contributed by atoms with van der Waals surface area (Å²) in [4.78, 5) is 29.9. The van der Waals surface area contributed by atoms with Crippen LogP contribution in [0.3, 0.4) is 0 Å². The summed E-state index contributed by atoms with van der Waals surface area (Å²) in [5.41, 5.74) is 3.64. The molecule has 3 aromatic rings. The van der Waals surface area contributed by atoms with Crippen LogP contribution in [-0.4, -0.2) is 40.0 Å². The molecule has 1 aromatic carbocycles. The van der Waals surface area contributed by atoms with Crippen molar-refractivity contribution < 1.29 is 14.7 Å². The molecule has 1 fully saturated rings. The quantitative estimate of drug-likeness (QED) is 0.545. The highest BCUT2D eigenvalue weighted by atomic mass is 16.3. The van der Waals surface area contributed by atoms with Crippen molar-refractivity contribution in [3.8, 4) is 0 Å².